The van der Waals surface area contributed by atoms with Gasteiger partial charge in [0.2, 0.25) is 0 Å². The van der Waals surface area contributed by atoms with Crippen LogP contribution in [0, 0.1) is 0 Å². The summed E-state index contributed by atoms with van der Waals surface area (Å²) in [6, 6.07) is 6.44. The van der Waals surface area contributed by atoms with Crippen molar-refractivity contribution in [2.45, 2.75) is 26.1 Å². The molecule has 1 aromatic rings. The van der Waals surface area contributed by atoms with Gasteiger partial charge in [0.05, 0.1) is 12.2 Å². The number of ether oxygens (including phenoxy) is 1. The Kier molecular flexibility index (Phi) is 3.33. The maximum Gasteiger partial charge on any atom is 0.254 e. The molecule has 2 atom stereocenters. The third-order valence-corrected chi connectivity index (χ3v) is 2.80. The minimum atomic E-state index is -0.0529. The van der Waals surface area contributed by atoms with Crippen LogP contribution in [0.3, 0.4) is 0 Å². The maximum atomic E-state index is 12.2. The molecule has 1 heterocycles. The topological polar surface area (TPSA) is 49.8 Å². The highest BCUT2D eigenvalue weighted by Crippen LogP contribution is 2.17. The predicted octanol–water partition coefficient (Wildman–Crippen LogP) is 1.64. The van der Waals surface area contributed by atoms with Crippen LogP contribution in [0.25, 0.3) is 0 Å². The Morgan fingerprint density at radius 3 is 2.59 bits per heavy atom. The number of aromatic hydroxyl groups is 1. The third kappa shape index (κ3) is 2.77. The van der Waals surface area contributed by atoms with Crippen LogP contribution in [0.1, 0.15) is 24.2 Å². The van der Waals surface area contributed by atoms with Crippen molar-refractivity contribution in [1.29, 1.82) is 0 Å². The van der Waals surface area contributed by atoms with Gasteiger partial charge in [-0.3, -0.25) is 4.79 Å². The molecule has 0 unspecified atom stereocenters. The molecule has 1 aliphatic heterocycles. The summed E-state index contributed by atoms with van der Waals surface area (Å²) in [7, 11) is 0. The number of benzene rings is 1. The van der Waals surface area contributed by atoms with Crippen molar-refractivity contribution in [3.63, 3.8) is 0 Å². The molecule has 0 spiro atoms. The van der Waals surface area contributed by atoms with E-state index in [1.807, 2.05) is 13.8 Å². The Morgan fingerprint density at radius 1 is 1.35 bits per heavy atom. The second-order valence-electron chi connectivity index (χ2n) is 4.52. The molecule has 0 saturated carbocycles. The number of hydrogen-bond acceptors (Lipinski definition) is 3. The van der Waals surface area contributed by atoms with Crippen molar-refractivity contribution >= 4 is 5.91 Å². The molecule has 4 nitrogen and oxygen atoms in total. The van der Waals surface area contributed by atoms with Gasteiger partial charge < -0.3 is 14.7 Å². The number of carbonyl (C=O) groups is 1. The zero-order chi connectivity index (χ0) is 12.4. The molecular weight excluding hydrogens is 218 g/mol. The van der Waals surface area contributed by atoms with Crippen molar-refractivity contribution in [2.75, 3.05) is 13.1 Å². The lowest BCUT2D eigenvalue weighted by atomic mass is 10.1. The molecule has 1 aliphatic rings. The molecule has 0 aliphatic carbocycles. The third-order valence-electron chi connectivity index (χ3n) is 2.80. The Balaban J connectivity index is 2.14. The lowest BCUT2D eigenvalue weighted by Gasteiger charge is -2.35. The number of nitrogens with zero attached hydrogens (tertiary/aromatic N) is 1. The Hall–Kier alpha value is -1.55. The van der Waals surface area contributed by atoms with Gasteiger partial charge in [0.1, 0.15) is 5.75 Å². The predicted molar refractivity (Wildman–Crippen MR) is 64.0 cm³/mol. The van der Waals surface area contributed by atoms with Gasteiger partial charge in [0.15, 0.2) is 0 Å². The summed E-state index contributed by atoms with van der Waals surface area (Å²) in [5.41, 5.74) is 0.520. The number of amides is 1. The van der Waals surface area contributed by atoms with E-state index in [0.717, 1.165) is 0 Å². The van der Waals surface area contributed by atoms with Gasteiger partial charge in [-0.15, -0.1) is 0 Å². The van der Waals surface area contributed by atoms with Crippen molar-refractivity contribution in [1.82, 2.24) is 4.90 Å². The summed E-state index contributed by atoms with van der Waals surface area (Å²) in [4.78, 5) is 14.0. The Morgan fingerprint density at radius 2 is 2.00 bits per heavy atom. The highest BCUT2D eigenvalue weighted by Gasteiger charge is 2.26. The molecule has 1 amide bonds. The summed E-state index contributed by atoms with van der Waals surface area (Å²) in [5, 5.41) is 9.37. The second kappa shape index (κ2) is 4.75. The van der Waals surface area contributed by atoms with Crippen molar-refractivity contribution in [2.24, 2.45) is 0 Å². The molecule has 2 rings (SSSR count). The van der Waals surface area contributed by atoms with Crippen molar-refractivity contribution in [3.8, 4) is 5.75 Å². The number of phenols is 1. The van der Waals surface area contributed by atoms with E-state index in [1.165, 1.54) is 6.07 Å². The van der Waals surface area contributed by atoms with E-state index in [4.69, 9.17) is 4.74 Å². The van der Waals surface area contributed by atoms with Gasteiger partial charge in [-0.05, 0) is 32.0 Å². The Labute approximate surface area is 101 Å². The van der Waals surface area contributed by atoms with Crippen LogP contribution in [0.5, 0.6) is 5.75 Å². The normalized spacial score (nSPS) is 24.7. The lowest BCUT2D eigenvalue weighted by Crippen LogP contribution is -2.48. The van der Waals surface area contributed by atoms with E-state index in [1.54, 1.807) is 23.1 Å². The van der Waals surface area contributed by atoms with Crippen LogP contribution in [-0.2, 0) is 4.74 Å². The van der Waals surface area contributed by atoms with Gasteiger partial charge in [-0.25, -0.2) is 0 Å². The summed E-state index contributed by atoms with van der Waals surface area (Å²) in [5.74, 6) is 0.0631. The van der Waals surface area contributed by atoms with Crippen molar-refractivity contribution < 1.29 is 14.6 Å². The van der Waals surface area contributed by atoms with E-state index in [2.05, 4.69) is 0 Å². The summed E-state index contributed by atoms with van der Waals surface area (Å²) < 4.78 is 5.58. The highest BCUT2D eigenvalue weighted by molar-refractivity contribution is 5.94. The molecule has 1 aromatic carbocycles. The van der Waals surface area contributed by atoms with Crippen LogP contribution in [-0.4, -0.2) is 41.2 Å². The molecule has 1 fully saturated rings. The first kappa shape index (κ1) is 11.9. The summed E-state index contributed by atoms with van der Waals surface area (Å²) in [6.07, 6.45) is 0.111. The molecule has 92 valence electrons. The average Bonchev–Trinajstić information content (AvgIpc) is 2.26. The number of carbonyl (C=O) groups excluding carboxylic acids is 1. The molecule has 0 bridgehead atoms. The second-order valence-corrected chi connectivity index (χ2v) is 4.52. The fourth-order valence-electron chi connectivity index (χ4n) is 2.17. The van der Waals surface area contributed by atoms with Crippen LogP contribution in [0.4, 0.5) is 0 Å². The number of morpholine rings is 1. The molecular formula is C13H17NO3. The summed E-state index contributed by atoms with van der Waals surface area (Å²) in [6.45, 7) is 5.11. The fraction of sp³-hybridized carbons (Fsp3) is 0.462. The molecule has 0 radical (unpaired) electrons. The highest BCUT2D eigenvalue weighted by atomic mass is 16.5. The molecule has 1 saturated heterocycles. The van der Waals surface area contributed by atoms with E-state index in [-0.39, 0.29) is 23.9 Å². The van der Waals surface area contributed by atoms with Crippen molar-refractivity contribution in [3.05, 3.63) is 29.8 Å². The molecule has 0 aromatic heterocycles. The minimum absolute atomic E-state index is 0.0529. The molecule has 4 heteroatoms. The quantitative estimate of drug-likeness (QED) is 0.805. The molecule has 1 N–H and O–H groups in total. The number of hydrogen-bond donors (Lipinski definition) is 1. The van der Waals surface area contributed by atoms with E-state index in [9.17, 15) is 9.90 Å². The number of rotatable bonds is 1. The number of phenolic OH excluding ortho intramolecular Hbond substituents is 1. The zero-order valence-electron chi connectivity index (χ0n) is 10.1. The summed E-state index contributed by atoms with van der Waals surface area (Å²) >= 11 is 0. The smallest absolute Gasteiger partial charge is 0.254 e. The SMILES string of the molecule is C[C@@H]1CN(C(=O)c2cccc(O)c2)C[C@H](C)O1. The maximum absolute atomic E-state index is 12.2. The van der Waals surface area contributed by atoms with E-state index < -0.39 is 0 Å². The van der Waals surface area contributed by atoms with Gasteiger partial charge in [-0.2, -0.15) is 0 Å². The van der Waals surface area contributed by atoms with Crippen LogP contribution >= 0.6 is 0 Å². The first-order valence-corrected chi connectivity index (χ1v) is 5.80. The van der Waals surface area contributed by atoms with Gasteiger partial charge in [0.25, 0.3) is 5.91 Å². The van der Waals surface area contributed by atoms with E-state index in [0.29, 0.717) is 18.7 Å². The monoisotopic (exact) mass is 235 g/mol. The van der Waals surface area contributed by atoms with Gasteiger partial charge in [0, 0.05) is 18.7 Å². The average molecular weight is 235 g/mol. The fourth-order valence-corrected chi connectivity index (χ4v) is 2.17. The zero-order valence-corrected chi connectivity index (χ0v) is 10.1. The van der Waals surface area contributed by atoms with Crippen LogP contribution in [0.15, 0.2) is 24.3 Å². The van der Waals surface area contributed by atoms with E-state index >= 15 is 0 Å². The Bertz CT molecular complexity index is 409. The van der Waals surface area contributed by atoms with Crippen LogP contribution in [0.2, 0.25) is 0 Å². The van der Waals surface area contributed by atoms with Gasteiger partial charge >= 0.3 is 0 Å². The molecule has 17 heavy (non-hydrogen) atoms. The minimum Gasteiger partial charge on any atom is -0.508 e. The lowest BCUT2D eigenvalue weighted by molar-refractivity contribution is -0.0586. The standard InChI is InChI=1S/C13H17NO3/c1-9-7-14(8-10(2)17-9)13(16)11-4-3-5-12(15)6-11/h3-6,9-10,15H,7-8H2,1-2H3/t9-,10+. The van der Waals surface area contributed by atoms with Crippen LogP contribution < -0.4 is 0 Å². The first-order valence-electron chi connectivity index (χ1n) is 5.80. The van der Waals surface area contributed by atoms with Gasteiger partial charge in [-0.1, -0.05) is 6.07 Å². The largest absolute Gasteiger partial charge is 0.508 e. The first-order chi connectivity index (χ1) is 8.06.